The lowest BCUT2D eigenvalue weighted by molar-refractivity contribution is -0.117. The molecule has 0 spiro atoms. The van der Waals surface area contributed by atoms with Gasteiger partial charge >= 0.3 is 0 Å². The highest BCUT2D eigenvalue weighted by Crippen LogP contribution is 2.20. The van der Waals surface area contributed by atoms with E-state index < -0.39 is 6.04 Å². The van der Waals surface area contributed by atoms with Gasteiger partial charge in [-0.25, -0.2) is 0 Å². The van der Waals surface area contributed by atoms with Crippen molar-refractivity contribution in [3.05, 3.63) is 72.0 Å². The van der Waals surface area contributed by atoms with Gasteiger partial charge < -0.3 is 15.2 Å². The number of amides is 2. The molecule has 0 unspecified atom stereocenters. The highest BCUT2D eigenvalue weighted by molar-refractivity contribution is 6.01. The molecule has 0 bridgehead atoms. The predicted octanol–water partition coefficient (Wildman–Crippen LogP) is 3.41. The fourth-order valence-electron chi connectivity index (χ4n) is 2.48. The average molecular weight is 349 g/mol. The van der Waals surface area contributed by atoms with Crippen LogP contribution in [0.1, 0.15) is 23.0 Å². The Hall–Kier alpha value is -3.41. The molecule has 26 heavy (non-hydrogen) atoms. The summed E-state index contributed by atoms with van der Waals surface area (Å²) in [5, 5.41) is 8.99. The molecule has 3 aromatic rings. The summed E-state index contributed by atoms with van der Waals surface area (Å²) < 4.78 is 4.90. The summed E-state index contributed by atoms with van der Waals surface area (Å²) in [5.41, 5.74) is 2.45. The van der Waals surface area contributed by atoms with Gasteiger partial charge in [0.25, 0.3) is 5.91 Å². The minimum atomic E-state index is -0.722. The number of aromatic nitrogens is 1. The van der Waals surface area contributed by atoms with Crippen molar-refractivity contribution in [1.29, 1.82) is 0 Å². The van der Waals surface area contributed by atoms with Crippen LogP contribution in [0.25, 0.3) is 11.1 Å². The maximum Gasteiger partial charge on any atom is 0.251 e. The van der Waals surface area contributed by atoms with Crippen LogP contribution in [-0.2, 0) is 4.79 Å². The van der Waals surface area contributed by atoms with Crippen molar-refractivity contribution in [3.8, 4) is 11.1 Å². The quantitative estimate of drug-likeness (QED) is 0.739. The first-order chi connectivity index (χ1) is 12.5. The van der Waals surface area contributed by atoms with Gasteiger partial charge in [0.1, 0.15) is 11.8 Å². The molecule has 0 saturated heterocycles. The number of benzene rings is 2. The van der Waals surface area contributed by atoms with Gasteiger partial charge in [0, 0.05) is 11.6 Å². The van der Waals surface area contributed by atoms with E-state index in [0.717, 1.165) is 11.1 Å². The summed E-state index contributed by atoms with van der Waals surface area (Å²) >= 11 is 0. The number of aryl methyl sites for hydroxylation is 1. The Labute approximate surface area is 151 Å². The summed E-state index contributed by atoms with van der Waals surface area (Å²) in [7, 11) is 0. The molecule has 132 valence electrons. The lowest BCUT2D eigenvalue weighted by Crippen LogP contribution is -2.41. The molecule has 3 rings (SSSR count). The summed E-state index contributed by atoms with van der Waals surface area (Å²) in [5.74, 6) is 0.224. The lowest BCUT2D eigenvalue weighted by Gasteiger charge is -2.13. The highest BCUT2D eigenvalue weighted by atomic mass is 16.5. The van der Waals surface area contributed by atoms with E-state index in [1.54, 1.807) is 32.0 Å². The van der Waals surface area contributed by atoms with Gasteiger partial charge in [-0.15, -0.1) is 0 Å². The van der Waals surface area contributed by atoms with Crippen molar-refractivity contribution in [2.24, 2.45) is 0 Å². The first kappa shape index (κ1) is 17.4. The molecular weight excluding hydrogens is 330 g/mol. The molecule has 0 fully saturated rings. The summed E-state index contributed by atoms with van der Waals surface area (Å²) in [4.78, 5) is 24.6. The van der Waals surface area contributed by atoms with Gasteiger partial charge in [-0.05, 0) is 37.1 Å². The maximum atomic E-state index is 12.5. The van der Waals surface area contributed by atoms with E-state index in [0.29, 0.717) is 17.1 Å². The first-order valence-electron chi connectivity index (χ1n) is 8.23. The van der Waals surface area contributed by atoms with Crippen LogP contribution in [0.15, 0.2) is 65.2 Å². The van der Waals surface area contributed by atoms with E-state index in [1.807, 2.05) is 42.5 Å². The average Bonchev–Trinajstić information content (AvgIpc) is 3.07. The van der Waals surface area contributed by atoms with Crippen LogP contribution in [0, 0.1) is 6.92 Å². The molecule has 2 aromatic carbocycles. The Bertz CT molecular complexity index is 919. The zero-order chi connectivity index (χ0) is 18.5. The van der Waals surface area contributed by atoms with Gasteiger partial charge in [0.05, 0.1) is 0 Å². The third-order valence-electron chi connectivity index (χ3n) is 3.85. The smallest absolute Gasteiger partial charge is 0.251 e. The molecule has 1 atom stereocenters. The Morgan fingerprint density at radius 1 is 1.00 bits per heavy atom. The zero-order valence-corrected chi connectivity index (χ0v) is 14.5. The van der Waals surface area contributed by atoms with Crippen molar-refractivity contribution < 1.29 is 14.1 Å². The SMILES string of the molecule is Cc1cc(NC(=O)[C@H](C)NC(=O)c2cccc(-c3ccccc3)c2)no1. The Morgan fingerprint density at radius 2 is 1.73 bits per heavy atom. The molecule has 6 heteroatoms. The van der Waals surface area contributed by atoms with Crippen LogP contribution in [0.3, 0.4) is 0 Å². The van der Waals surface area contributed by atoms with Crippen molar-refractivity contribution in [2.75, 3.05) is 5.32 Å². The molecule has 1 aromatic heterocycles. The molecule has 2 amide bonds. The molecule has 6 nitrogen and oxygen atoms in total. The predicted molar refractivity (Wildman–Crippen MR) is 98.7 cm³/mol. The zero-order valence-electron chi connectivity index (χ0n) is 14.5. The fraction of sp³-hybridized carbons (Fsp3) is 0.150. The molecule has 1 heterocycles. The molecule has 0 aliphatic heterocycles. The number of nitrogens with zero attached hydrogens (tertiary/aromatic N) is 1. The van der Waals surface area contributed by atoms with Crippen LogP contribution >= 0.6 is 0 Å². The third-order valence-corrected chi connectivity index (χ3v) is 3.85. The van der Waals surface area contributed by atoms with E-state index in [4.69, 9.17) is 4.52 Å². The van der Waals surface area contributed by atoms with Crippen LogP contribution in [0.5, 0.6) is 0 Å². The second kappa shape index (κ2) is 7.65. The van der Waals surface area contributed by atoms with E-state index >= 15 is 0 Å². The van der Waals surface area contributed by atoms with E-state index in [1.165, 1.54) is 0 Å². The van der Waals surface area contributed by atoms with E-state index in [-0.39, 0.29) is 11.8 Å². The van der Waals surface area contributed by atoms with Crippen LogP contribution in [0.4, 0.5) is 5.82 Å². The number of carbonyl (C=O) groups is 2. The van der Waals surface area contributed by atoms with Crippen molar-refractivity contribution >= 4 is 17.6 Å². The number of anilines is 1. The van der Waals surface area contributed by atoms with E-state index in [2.05, 4.69) is 15.8 Å². The van der Waals surface area contributed by atoms with Gasteiger partial charge in [-0.2, -0.15) is 0 Å². The molecule has 0 aliphatic carbocycles. The highest BCUT2D eigenvalue weighted by Gasteiger charge is 2.18. The maximum absolute atomic E-state index is 12.5. The molecule has 0 saturated carbocycles. The van der Waals surface area contributed by atoms with E-state index in [9.17, 15) is 9.59 Å². The van der Waals surface area contributed by atoms with Crippen LogP contribution in [-0.4, -0.2) is 23.0 Å². The van der Waals surface area contributed by atoms with Crippen LogP contribution in [0.2, 0.25) is 0 Å². The first-order valence-corrected chi connectivity index (χ1v) is 8.23. The number of hydrogen-bond donors (Lipinski definition) is 2. The Kier molecular flexibility index (Phi) is 5.12. The summed E-state index contributed by atoms with van der Waals surface area (Å²) in [6, 6.07) is 17.9. The number of carbonyl (C=O) groups excluding carboxylic acids is 2. The molecule has 0 aliphatic rings. The topological polar surface area (TPSA) is 84.2 Å². The largest absolute Gasteiger partial charge is 0.360 e. The molecule has 2 N–H and O–H groups in total. The van der Waals surface area contributed by atoms with Gasteiger partial charge in [-0.3, -0.25) is 9.59 Å². The monoisotopic (exact) mass is 349 g/mol. The Balaban J connectivity index is 1.66. The van der Waals surface area contributed by atoms with Gasteiger partial charge in [-0.1, -0.05) is 47.6 Å². The van der Waals surface area contributed by atoms with Crippen LogP contribution < -0.4 is 10.6 Å². The van der Waals surface area contributed by atoms with Gasteiger partial charge in [0.15, 0.2) is 5.82 Å². The fourth-order valence-corrected chi connectivity index (χ4v) is 2.48. The number of nitrogens with one attached hydrogen (secondary N) is 2. The second-order valence-corrected chi connectivity index (χ2v) is 5.95. The normalized spacial score (nSPS) is 11.6. The molecular formula is C20H19N3O3. The summed E-state index contributed by atoms with van der Waals surface area (Å²) in [6.07, 6.45) is 0. The van der Waals surface area contributed by atoms with Crippen molar-refractivity contribution in [1.82, 2.24) is 10.5 Å². The summed E-state index contributed by atoms with van der Waals surface area (Å²) in [6.45, 7) is 3.34. The third kappa shape index (κ3) is 4.16. The second-order valence-electron chi connectivity index (χ2n) is 5.95. The van der Waals surface area contributed by atoms with Gasteiger partial charge in [0.2, 0.25) is 5.91 Å². The minimum Gasteiger partial charge on any atom is -0.360 e. The minimum absolute atomic E-state index is 0.318. The number of rotatable bonds is 5. The number of hydrogen-bond acceptors (Lipinski definition) is 4. The van der Waals surface area contributed by atoms with Crippen molar-refractivity contribution in [2.45, 2.75) is 19.9 Å². The van der Waals surface area contributed by atoms with Crippen molar-refractivity contribution in [3.63, 3.8) is 0 Å². The molecule has 0 radical (unpaired) electrons. The lowest BCUT2D eigenvalue weighted by atomic mass is 10.0. The Morgan fingerprint density at radius 3 is 2.42 bits per heavy atom. The standard InChI is InChI=1S/C20H19N3O3/c1-13-11-18(23-26-13)22-19(24)14(2)21-20(25)17-10-6-9-16(12-17)15-7-4-3-5-8-15/h3-12,14H,1-2H3,(H,21,25)(H,22,23,24)/t14-/m0/s1.